The average Bonchev–Trinajstić information content (AvgIpc) is 3.98. The Labute approximate surface area is 385 Å². The van der Waals surface area contributed by atoms with Crippen molar-refractivity contribution in [1.82, 2.24) is 24.8 Å². The zero-order chi connectivity index (χ0) is 46.0. The van der Waals surface area contributed by atoms with Gasteiger partial charge in [0.1, 0.15) is 24.4 Å². The van der Waals surface area contributed by atoms with Gasteiger partial charge in [0.15, 0.2) is 0 Å². The molecule has 65 heavy (non-hydrogen) atoms. The molecule has 2 fully saturated rings. The summed E-state index contributed by atoms with van der Waals surface area (Å²) in [6, 6.07) is 29.4. The fourth-order valence-electron chi connectivity index (χ4n) is 8.26. The van der Waals surface area contributed by atoms with E-state index in [0.717, 1.165) is 27.8 Å². The van der Waals surface area contributed by atoms with E-state index in [0.29, 0.717) is 77.5 Å². The molecule has 2 N–H and O–H groups in total. The number of methoxy groups -OCH3 is 2. The minimum Gasteiger partial charge on any atom is -0.480 e. The molecule has 0 spiro atoms. The molecule has 2 amide bonds. The van der Waals surface area contributed by atoms with Crippen LogP contribution in [0.5, 0.6) is 11.8 Å². The van der Waals surface area contributed by atoms with Crippen molar-refractivity contribution in [2.45, 2.75) is 49.9 Å². The van der Waals surface area contributed by atoms with Crippen LogP contribution >= 0.6 is 23.2 Å². The molecule has 2 aliphatic rings. The third-order valence-corrected chi connectivity index (χ3v) is 12.0. The number of aromatic nitrogens is 3. The van der Waals surface area contributed by atoms with Gasteiger partial charge in [-0.05, 0) is 90.9 Å². The first kappa shape index (κ1) is 46.1. The van der Waals surface area contributed by atoms with Crippen LogP contribution in [0.25, 0.3) is 22.4 Å². The lowest BCUT2D eigenvalue weighted by atomic mass is 10.0. The Hall–Kier alpha value is -6.87. The van der Waals surface area contributed by atoms with Crippen LogP contribution in [0.2, 0.25) is 10.0 Å². The van der Waals surface area contributed by atoms with Crippen molar-refractivity contribution in [3.63, 3.8) is 0 Å². The first-order valence-electron chi connectivity index (χ1n) is 20.7. The zero-order valence-electron chi connectivity index (χ0n) is 35.4. The molecule has 2 saturated heterocycles. The number of rotatable bonds is 13. The van der Waals surface area contributed by atoms with Crippen LogP contribution in [0, 0.1) is 0 Å². The summed E-state index contributed by atoms with van der Waals surface area (Å²) in [7, 11) is 3.11. The molecule has 6 aromatic rings. The monoisotopic (exact) mass is 917 g/mol. The number of aliphatic carboxylic acids is 2. The van der Waals surface area contributed by atoms with Crippen molar-refractivity contribution in [2.24, 2.45) is 0 Å². The minimum atomic E-state index is -1.02. The molecule has 334 valence electrons. The maximum atomic E-state index is 13.5. The Morgan fingerprint density at radius 3 is 1.57 bits per heavy atom. The highest BCUT2D eigenvalue weighted by molar-refractivity contribution is 6.31. The smallest absolute Gasteiger partial charge is 0.326 e. The van der Waals surface area contributed by atoms with Crippen LogP contribution in [0.3, 0.4) is 0 Å². The number of pyridine rings is 1. The van der Waals surface area contributed by atoms with Crippen molar-refractivity contribution in [1.29, 1.82) is 0 Å². The average molecular weight is 919 g/mol. The fraction of sp³-hybridized carbons (Fsp3) is 0.245. The van der Waals surface area contributed by atoms with Crippen LogP contribution in [-0.2, 0) is 14.3 Å². The molecule has 14 nitrogen and oxygen atoms in total. The highest BCUT2D eigenvalue weighted by atomic mass is 35.5. The van der Waals surface area contributed by atoms with Crippen molar-refractivity contribution in [3.8, 4) is 34.1 Å². The second-order valence-corrected chi connectivity index (χ2v) is 15.9. The van der Waals surface area contributed by atoms with Gasteiger partial charge in [0.2, 0.25) is 11.8 Å². The van der Waals surface area contributed by atoms with Crippen LogP contribution < -0.4 is 9.47 Å². The molecular weight excluding hydrogens is 873 g/mol. The van der Waals surface area contributed by atoms with E-state index >= 15 is 0 Å². The summed E-state index contributed by atoms with van der Waals surface area (Å²) in [4.78, 5) is 66.3. The number of nitrogens with zero attached hydrogens (tertiary/aromatic N) is 5. The van der Waals surface area contributed by atoms with Gasteiger partial charge < -0.3 is 34.2 Å². The summed E-state index contributed by atoms with van der Waals surface area (Å²) in [6.07, 6.45) is 6.54. The van der Waals surface area contributed by atoms with Gasteiger partial charge in [-0.2, -0.15) is 0 Å². The predicted molar refractivity (Wildman–Crippen MR) is 243 cm³/mol. The number of amides is 2. The highest BCUT2D eigenvalue weighted by Crippen LogP contribution is 2.42. The number of hydrogen-bond donors (Lipinski definition) is 2. The first-order valence-corrected chi connectivity index (χ1v) is 21.5. The number of carbonyl (C=O) groups excluding carboxylic acids is 2. The van der Waals surface area contributed by atoms with Crippen molar-refractivity contribution in [2.75, 3.05) is 27.4 Å². The summed E-state index contributed by atoms with van der Waals surface area (Å²) >= 11 is 12.7. The SMILES string of the molecule is COCCOc1ncccc1-c1ccc(C(=O)N2[C@@H](c3ccccc3Cl)CC[C@H]2C(=O)O)cc1.COc1nccnc1-c1ccc(C(=O)N2[C@@H](c3ccccc3Cl)CC[C@H]2C(=O)O)cc1. The van der Waals surface area contributed by atoms with E-state index in [-0.39, 0.29) is 11.8 Å². The molecule has 2 aliphatic heterocycles. The number of hydrogen-bond acceptors (Lipinski definition) is 10. The van der Waals surface area contributed by atoms with E-state index in [1.54, 1.807) is 74.1 Å². The van der Waals surface area contributed by atoms with E-state index in [1.807, 2.05) is 54.6 Å². The van der Waals surface area contributed by atoms with Gasteiger partial charge in [-0.3, -0.25) is 9.59 Å². The fourth-order valence-corrected chi connectivity index (χ4v) is 8.78. The molecule has 0 unspecified atom stereocenters. The van der Waals surface area contributed by atoms with Gasteiger partial charge in [-0.1, -0.05) is 83.9 Å². The molecule has 0 bridgehead atoms. The largest absolute Gasteiger partial charge is 0.480 e. The summed E-state index contributed by atoms with van der Waals surface area (Å²) in [5.74, 6) is -1.89. The van der Waals surface area contributed by atoms with E-state index < -0.39 is 36.1 Å². The molecule has 16 heteroatoms. The van der Waals surface area contributed by atoms with Gasteiger partial charge >= 0.3 is 11.9 Å². The standard InChI is InChI=1S/C26H25ClN2O5.C23H20ClN3O4/c1-33-15-16-34-24-19(6-4-14-28-24)17-8-10-18(11-9-17)25(30)29-22(12-13-23(29)26(31)32)20-5-2-3-7-21(20)27;1-31-21-20(25-12-13-26-21)14-6-8-15(9-7-14)22(28)27-18(10-11-19(27)23(29)30)16-4-2-3-5-17(16)24/h2-11,14,22-23H,12-13,15-16H2,1H3,(H,31,32);2-9,12-13,18-19H,10-11H2,1H3,(H,29,30)/t22-,23+;18-,19+/m11/s1. The third kappa shape index (κ3) is 10.3. The lowest BCUT2D eigenvalue weighted by Crippen LogP contribution is -2.41. The van der Waals surface area contributed by atoms with Crippen molar-refractivity contribution < 1.29 is 43.6 Å². The number of carbonyl (C=O) groups is 4. The molecule has 0 saturated carbocycles. The minimum absolute atomic E-state index is 0.343. The number of likely N-dealkylation sites (tertiary alicyclic amines) is 2. The second-order valence-electron chi connectivity index (χ2n) is 15.1. The van der Waals surface area contributed by atoms with Gasteiger partial charge in [0.05, 0.1) is 25.8 Å². The van der Waals surface area contributed by atoms with Crippen molar-refractivity contribution in [3.05, 3.63) is 160 Å². The summed E-state index contributed by atoms with van der Waals surface area (Å²) in [5, 5.41) is 20.5. The molecule has 8 rings (SSSR count). The Kier molecular flexibility index (Phi) is 15.1. The van der Waals surface area contributed by atoms with E-state index in [4.69, 9.17) is 37.4 Å². The molecule has 2 aromatic heterocycles. The number of halogens is 2. The molecule has 4 aromatic carbocycles. The van der Waals surface area contributed by atoms with Crippen LogP contribution in [0.1, 0.15) is 69.6 Å². The molecule has 0 aliphatic carbocycles. The topological polar surface area (TPSA) is 182 Å². The van der Waals surface area contributed by atoms with E-state index in [2.05, 4.69) is 15.0 Å². The summed E-state index contributed by atoms with van der Waals surface area (Å²) < 4.78 is 16.0. The van der Waals surface area contributed by atoms with Crippen LogP contribution in [0.4, 0.5) is 0 Å². The lowest BCUT2D eigenvalue weighted by molar-refractivity contribution is -0.142. The van der Waals surface area contributed by atoms with Gasteiger partial charge in [-0.25, -0.2) is 24.5 Å². The Morgan fingerprint density at radius 2 is 1.08 bits per heavy atom. The van der Waals surface area contributed by atoms with Crippen LogP contribution in [0.15, 0.2) is 128 Å². The lowest BCUT2D eigenvalue weighted by Gasteiger charge is -2.29. The first-order chi connectivity index (χ1) is 31.5. The second kappa shape index (κ2) is 21.2. The highest BCUT2D eigenvalue weighted by Gasteiger charge is 2.44. The Bertz CT molecular complexity index is 2650. The number of carboxylic acids is 2. The normalized spacial score (nSPS) is 17.8. The van der Waals surface area contributed by atoms with Crippen LogP contribution in [-0.4, -0.2) is 98.2 Å². The van der Waals surface area contributed by atoms with Gasteiger partial charge in [0.25, 0.3) is 11.8 Å². The Balaban J connectivity index is 0.000000195. The summed E-state index contributed by atoms with van der Waals surface area (Å²) in [5.41, 5.74) is 5.21. The quantitative estimate of drug-likeness (QED) is 0.105. The Morgan fingerprint density at radius 1 is 0.585 bits per heavy atom. The van der Waals surface area contributed by atoms with Crippen molar-refractivity contribution >= 4 is 47.0 Å². The van der Waals surface area contributed by atoms with E-state index in [9.17, 15) is 29.4 Å². The molecule has 0 radical (unpaired) electrons. The maximum absolute atomic E-state index is 13.5. The van der Waals surface area contributed by atoms with Gasteiger partial charge in [-0.15, -0.1) is 0 Å². The van der Waals surface area contributed by atoms with E-state index in [1.165, 1.54) is 23.1 Å². The number of ether oxygens (including phenoxy) is 3. The third-order valence-electron chi connectivity index (χ3n) is 11.3. The number of carboxylic acid groups (broad SMARTS) is 2. The number of benzene rings is 4. The maximum Gasteiger partial charge on any atom is 0.326 e. The van der Waals surface area contributed by atoms with Gasteiger partial charge in [0, 0.05) is 58.0 Å². The molecular formula is C49H45Cl2N5O9. The molecule has 4 atom stereocenters. The predicted octanol–water partition coefficient (Wildman–Crippen LogP) is 9.09. The molecule has 4 heterocycles. The summed E-state index contributed by atoms with van der Waals surface area (Å²) in [6.45, 7) is 0.808. The zero-order valence-corrected chi connectivity index (χ0v) is 36.9.